The topological polar surface area (TPSA) is 89.4 Å². The van der Waals surface area contributed by atoms with Crippen molar-refractivity contribution in [3.05, 3.63) is 97.4 Å². The lowest BCUT2D eigenvalue weighted by atomic mass is 10.1. The first-order chi connectivity index (χ1) is 16.6. The molecule has 0 bridgehead atoms. The molecule has 10 heteroatoms. The van der Waals surface area contributed by atoms with Crippen molar-refractivity contribution >= 4 is 27.7 Å². The van der Waals surface area contributed by atoms with Gasteiger partial charge in [0.25, 0.3) is 5.56 Å². The van der Waals surface area contributed by atoms with Crippen LogP contribution in [0.1, 0.15) is 29.3 Å². The summed E-state index contributed by atoms with van der Waals surface area (Å²) in [5, 5.41) is 5.15. The molecule has 0 unspecified atom stereocenters. The summed E-state index contributed by atoms with van der Waals surface area (Å²) in [6, 6.07) is 12.3. The predicted octanol–water partition coefficient (Wildman–Crippen LogP) is 3.58. The van der Waals surface area contributed by atoms with Gasteiger partial charge in [0.15, 0.2) is 0 Å². The van der Waals surface area contributed by atoms with Crippen LogP contribution in [0.2, 0.25) is 0 Å². The maximum absolute atomic E-state index is 13.9. The van der Waals surface area contributed by atoms with Crippen LogP contribution in [-0.2, 0) is 29.3 Å². The van der Waals surface area contributed by atoms with Gasteiger partial charge in [0.2, 0.25) is 11.8 Å². The molecule has 35 heavy (non-hydrogen) atoms. The van der Waals surface area contributed by atoms with Crippen LogP contribution >= 0.6 is 15.9 Å². The Morgan fingerprint density at radius 2 is 1.71 bits per heavy atom. The summed E-state index contributed by atoms with van der Waals surface area (Å²) < 4.78 is 34.3. The number of rotatable bonds is 9. The van der Waals surface area contributed by atoms with E-state index in [1.54, 1.807) is 17.6 Å². The highest BCUT2D eigenvalue weighted by atomic mass is 79.9. The minimum absolute atomic E-state index is 0.0803. The third-order valence-corrected chi connectivity index (χ3v) is 5.89. The Labute approximate surface area is 209 Å². The Balaban J connectivity index is 1.65. The Kier molecular flexibility index (Phi) is 8.75. The second kappa shape index (κ2) is 11.7. The average molecular weight is 548 g/mol. The second-order valence-electron chi connectivity index (χ2n) is 7.88. The number of carbonyl (C=O) groups excluding carboxylic acids is 2. The van der Waals surface area contributed by atoms with Gasteiger partial charge >= 0.3 is 0 Å². The third kappa shape index (κ3) is 7.22. The van der Waals surface area contributed by atoms with Crippen molar-refractivity contribution in [1.82, 2.24) is 15.2 Å². The molecule has 0 aliphatic carbocycles. The fourth-order valence-electron chi connectivity index (χ4n) is 3.22. The fourth-order valence-corrected chi connectivity index (χ4v) is 3.67. The molecule has 2 aromatic carbocycles. The van der Waals surface area contributed by atoms with Crippen LogP contribution in [0, 0.1) is 18.6 Å². The number of aryl methyl sites for hydroxylation is 1. The molecule has 1 heterocycles. The van der Waals surface area contributed by atoms with Crippen molar-refractivity contribution in [2.24, 2.45) is 0 Å². The van der Waals surface area contributed by atoms with E-state index in [2.05, 4.69) is 26.6 Å². The summed E-state index contributed by atoms with van der Waals surface area (Å²) in [6.07, 6.45) is 0. The summed E-state index contributed by atoms with van der Waals surface area (Å²) in [4.78, 5) is 35.5. The van der Waals surface area contributed by atoms with Crippen molar-refractivity contribution < 1.29 is 23.1 Å². The van der Waals surface area contributed by atoms with Crippen molar-refractivity contribution in [2.45, 2.75) is 33.5 Å². The Bertz CT molecular complexity index is 1290. The van der Waals surface area contributed by atoms with Gasteiger partial charge in [-0.15, -0.1) is 0 Å². The fraction of sp³-hybridized carbons (Fsp3) is 0.240. The lowest BCUT2D eigenvalue weighted by Crippen LogP contribution is -2.35. The lowest BCUT2D eigenvalue weighted by molar-refractivity contribution is -0.125. The van der Waals surface area contributed by atoms with E-state index in [-0.39, 0.29) is 46.3 Å². The molecule has 2 amide bonds. The molecule has 0 atom stereocenters. The van der Waals surface area contributed by atoms with Crippen molar-refractivity contribution in [3.63, 3.8) is 0 Å². The number of benzene rings is 2. The van der Waals surface area contributed by atoms with Gasteiger partial charge in [-0.3, -0.25) is 14.4 Å². The molecular formula is C25H24BrF2N3O4. The van der Waals surface area contributed by atoms with Gasteiger partial charge in [0.05, 0.1) is 13.1 Å². The van der Waals surface area contributed by atoms with E-state index < -0.39 is 11.6 Å². The predicted molar refractivity (Wildman–Crippen MR) is 130 cm³/mol. The molecule has 0 aliphatic rings. The van der Waals surface area contributed by atoms with Gasteiger partial charge in [-0.25, -0.2) is 8.78 Å². The number of halogens is 3. The Hall–Kier alpha value is -3.53. The van der Waals surface area contributed by atoms with Crippen molar-refractivity contribution in [1.29, 1.82) is 0 Å². The highest BCUT2D eigenvalue weighted by Crippen LogP contribution is 2.24. The third-order valence-electron chi connectivity index (χ3n) is 5.16. The number of aromatic nitrogens is 1. The quantitative estimate of drug-likeness (QED) is 0.428. The first kappa shape index (κ1) is 26.1. The Morgan fingerprint density at radius 1 is 1.03 bits per heavy atom. The van der Waals surface area contributed by atoms with E-state index >= 15 is 0 Å². The number of hydrogen-bond donors (Lipinski definition) is 2. The zero-order valence-corrected chi connectivity index (χ0v) is 20.7. The van der Waals surface area contributed by atoms with Crippen molar-refractivity contribution in [3.8, 4) is 5.75 Å². The number of amides is 2. The molecular weight excluding hydrogens is 524 g/mol. The molecule has 0 aliphatic heterocycles. The average Bonchev–Trinajstić information content (AvgIpc) is 2.82. The normalized spacial score (nSPS) is 10.7. The summed E-state index contributed by atoms with van der Waals surface area (Å²) in [5.41, 5.74) is 2.24. The largest absolute Gasteiger partial charge is 0.487 e. The van der Waals surface area contributed by atoms with Crippen LogP contribution in [0.3, 0.4) is 0 Å². The zero-order chi connectivity index (χ0) is 25.5. The SMILES string of the molecule is CC(=O)NCC(=O)NCc1ccc(Cn2c(C)cc(OCc3ccc(F)cc3F)c(Br)c2=O)cc1. The summed E-state index contributed by atoms with van der Waals surface area (Å²) >= 11 is 3.27. The van der Waals surface area contributed by atoms with Crippen LogP contribution in [0.4, 0.5) is 8.78 Å². The van der Waals surface area contributed by atoms with Crippen LogP contribution in [-0.4, -0.2) is 22.9 Å². The molecule has 7 nitrogen and oxygen atoms in total. The van der Waals surface area contributed by atoms with E-state index in [4.69, 9.17) is 4.74 Å². The first-order valence-corrected chi connectivity index (χ1v) is 11.5. The molecule has 0 saturated heterocycles. The van der Waals surface area contributed by atoms with Gasteiger partial charge in [-0.05, 0) is 46.1 Å². The molecule has 2 N–H and O–H groups in total. The number of carbonyl (C=O) groups is 2. The minimum Gasteiger partial charge on any atom is -0.487 e. The van der Waals surface area contributed by atoms with E-state index in [0.717, 1.165) is 23.3 Å². The number of ether oxygens (including phenoxy) is 1. The molecule has 0 fully saturated rings. The molecule has 0 radical (unpaired) electrons. The molecule has 3 rings (SSSR count). The van der Waals surface area contributed by atoms with Crippen LogP contribution in [0.25, 0.3) is 0 Å². The molecule has 0 spiro atoms. The van der Waals surface area contributed by atoms with Gasteiger partial charge in [0.1, 0.15) is 28.5 Å². The number of pyridine rings is 1. The first-order valence-electron chi connectivity index (χ1n) is 10.7. The number of hydrogen-bond acceptors (Lipinski definition) is 4. The number of nitrogens with zero attached hydrogens (tertiary/aromatic N) is 1. The van der Waals surface area contributed by atoms with Gasteiger partial charge in [0, 0.05) is 36.9 Å². The molecule has 3 aromatic rings. The van der Waals surface area contributed by atoms with Crippen LogP contribution in [0.5, 0.6) is 5.75 Å². The van der Waals surface area contributed by atoms with Crippen molar-refractivity contribution in [2.75, 3.05) is 6.54 Å². The highest BCUT2D eigenvalue weighted by molar-refractivity contribution is 9.10. The van der Waals surface area contributed by atoms with Gasteiger partial charge in [-0.1, -0.05) is 24.3 Å². The molecule has 184 valence electrons. The Morgan fingerprint density at radius 3 is 2.37 bits per heavy atom. The van der Waals surface area contributed by atoms with Gasteiger partial charge < -0.3 is 19.9 Å². The van der Waals surface area contributed by atoms with Crippen LogP contribution in [0.15, 0.2) is 57.8 Å². The summed E-state index contributed by atoms with van der Waals surface area (Å²) in [7, 11) is 0. The smallest absolute Gasteiger partial charge is 0.269 e. The summed E-state index contributed by atoms with van der Waals surface area (Å²) in [5.74, 6) is -1.70. The highest BCUT2D eigenvalue weighted by Gasteiger charge is 2.14. The zero-order valence-electron chi connectivity index (χ0n) is 19.2. The monoisotopic (exact) mass is 547 g/mol. The van der Waals surface area contributed by atoms with E-state index in [0.29, 0.717) is 18.8 Å². The minimum atomic E-state index is -0.720. The van der Waals surface area contributed by atoms with Crippen LogP contribution < -0.4 is 20.9 Å². The lowest BCUT2D eigenvalue weighted by Gasteiger charge is -2.15. The van der Waals surface area contributed by atoms with E-state index in [9.17, 15) is 23.2 Å². The second-order valence-corrected chi connectivity index (χ2v) is 8.68. The maximum Gasteiger partial charge on any atom is 0.269 e. The van der Waals surface area contributed by atoms with E-state index in [1.807, 2.05) is 24.3 Å². The summed E-state index contributed by atoms with van der Waals surface area (Å²) in [6.45, 7) is 3.49. The standard InChI is InChI=1S/C25H24BrF2N3O4/c1-15-9-22(35-14-19-7-8-20(27)10-21(19)28)24(26)25(34)31(15)13-18-5-3-17(4-6-18)11-30-23(33)12-29-16(2)32/h3-10H,11-14H2,1-2H3,(H,29,32)(H,30,33). The number of nitrogens with one attached hydrogen (secondary N) is 2. The molecule has 0 saturated carbocycles. The van der Waals surface area contributed by atoms with E-state index in [1.165, 1.54) is 13.0 Å². The maximum atomic E-state index is 13.9. The molecule has 1 aromatic heterocycles. The van der Waals surface area contributed by atoms with Gasteiger partial charge in [-0.2, -0.15) is 0 Å².